The van der Waals surface area contributed by atoms with Gasteiger partial charge in [0.2, 0.25) is 15.9 Å². The molecule has 5 radical (unpaired) electrons. The Labute approximate surface area is 192 Å². The van der Waals surface area contributed by atoms with Crippen LogP contribution in [0.3, 0.4) is 0 Å². The molecular formula is C22H31Cl2N2O3S. The molecule has 3 rings (SSSR count). The van der Waals surface area contributed by atoms with Crippen LogP contribution in [0, 0.1) is 20.8 Å². The van der Waals surface area contributed by atoms with Gasteiger partial charge in [0.05, 0.1) is 10.9 Å². The zero-order chi connectivity index (χ0) is 20.1. The second kappa shape index (κ2) is 12.3. The number of nitrogens with one attached hydrogen (secondary N) is 1. The highest BCUT2D eigenvalue weighted by molar-refractivity contribution is 7.89. The van der Waals surface area contributed by atoms with Crippen LogP contribution in [-0.4, -0.2) is 37.8 Å². The number of benzene rings is 1. The first-order valence-corrected chi connectivity index (χ1v) is 12.2. The number of hydrogen-bond acceptors (Lipinski definition) is 3. The molecule has 2 aliphatic rings. The fourth-order valence-corrected chi connectivity index (χ4v) is 6.48. The molecule has 0 bridgehead atoms. The van der Waals surface area contributed by atoms with Crippen molar-refractivity contribution < 1.29 is 13.2 Å². The van der Waals surface area contributed by atoms with Gasteiger partial charge in [-0.1, -0.05) is 70.2 Å². The summed E-state index contributed by atoms with van der Waals surface area (Å²) in [5, 5.41) is 3.50. The highest BCUT2D eigenvalue weighted by Crippen LogP contribution is 2.32. The van der Waals surface area contributed by atoms with Crippen molar-refractivity contribution in [3.63, 3.8) is 0 Å². The minimum absolute atomic E-state index is 0. The van der Waals surface area contributed by atoms with E-state index in [1.165, 1.54) is 41.8 Å². The molecular weight excluding hydrogens is 443 g/mol. The largest absolute Gasteiger partial charge is 0.354 e. The van der Waals surface area contributed by atoms with Crippen LogP contribution in [0.1, 0.15) is 57.8 Å². The first-order chi connectivity index (χ1) is 13.4. The predicted molar refractivity (Wildman–Crippen MR) is 123 cm³/mol. The number of hydrogen-bond donors (Lipinski definition) is 1. The molecule has 1 saturated heterocycles. The Morgan fingerprint density at radius 3 is 2.30 bits per heavy atom. The highest BCUT2D eigenvalue weighted by atomic mass is 35.5. The first-order valence-electron chi connectivity index (χ1n) is 9.99. The molecule has 167 valence electrons. The van der Waals surface area contributed by atoms with Crippen molar-refractivity contribution >= 4 is 39.1 Å². The van der Waals surface area contributed by atoms with Crippen molar-refractivity contribution in [2.75, 3.05) is 13.1 Å². The number of sulfonamides is 1. The highest BCUT2D eigenvalue weighted by Gasteiger charge is 2.36. The smallest absolute Gasteiger partial charge is 0.244 e. The average molecular weight is 474 g/mol. The summed E-state index contributed by atoms with van der Waals surface area (Å²) in [4.78, 5) is 12.6. The van der Waals surface area contributed by atoms with Crippen LogP contribution < -0.4 is 5.32 Å². The van der Waals surface area contributed by atoms with Gasteiger partial charge < -0.3 is 5.32 Å². The SMILES string of the molecule is O=C(NCC1CCCN1S(=O)(=O)c1ccc(Cl)cc1Cl)[C]1CCCCCCC1.[CH2].[CH2]. The van der Waals surface area contributed by atoms with Crippen molar-refractivity contribution in [1.82, 2.24) is 9.62 Å². The van der Waals surface area contributed by atoms with Gasteiger partial charge in [0.25, 0.3) is 0 Å². The fourth-order valence-electron chi connectivity index (χ4n) is 4.04. The maximum Gasteiger partial charge on any atom is 0.244 e. The van der Waals surface area contributed by atoms with Gasteiger partial charge in [-0.3, -0.25) is 4.79 Å². The van der Waals surface area contributed by atoms with E-state index in [-0.39, 0.29) is 36.7 Å². The molecule has 1 aliphatic carbocycles. The normalized spacial score (nSPS) is 21.1. The number of nitrogens with zero attached hydrogens (tertiary/aromatic N) is 1. The first kappa shape index (κ1) is 27.2. The van der Waals surface area contributed by atoms with E-state index in [0.29, 0.717) is 18.1 Å². The summed E-state index contributed by atoms with van der Waals surface area (Å²) in [6.07, 6.45) is 8.89. The van der Waals surface area contributed by atoms with Crippen LogP contribution in [0.15, 0.2) is 23.1 Å². The number of halogens is 2. The molecule has 0 aromatic heterocycles. The zero-order valence-electron chi connectivity index (χ0n) is 17.3. The van der Waals surface area contributed by atoms with E-state index in [2.05, 4.69) is 5.32 Å². The van der Waals surface area contributed by atoms with Crippen LogP contribution in [0.25, 0.3) is 0 Å². The third-order valence-corrected chi connectivity index (χ3v) is 8.25. The lowest BCUT2D eigenvalue weighted by molar-refractivity contribution is -0.120. The predicted octanol–water partition coefficient (Wildman–Crippen LogP) is 5.24. The van der Waals surface area contributed by atoms with Crippen LogP contribution in [0.5, 0.6) is 0 Å². The molecule has 8 heteroatoms. The van der Waals surface area contributed by atoms with Gasteiger partial charge in [0, 0.05) is 24.2 Å². The topological polar surface area (TPSA) is 66.5 Å². The number of rotatable bonds is 5. The second-order valence-corrected chi connectivity index (χ2v) is 10.3. The molecule has 1 aromatic rings. The van der Waals surface area contributed by atoms with Gasteiger partial charge in [0.1, 0.15) is 4.90 Å². The van der Waals surface area contributed by atoms with Crippen LogP contribution in [0.2, 0.25) is 10.0 Å². The minimum atomic E-state index is -3.73. The molecule has 2 fully saturated rings. The summed E-state index contributed by atoms with van der Waals surface area (Å²) in [5.41, 5.74) is 0. The third-order valence-electron chi connectivity index (χ3n) is 5.58. The standard InChI is InChI=1S/C20H27Cl2N2O3S.2CH2/c21-16-10-11-19(18(22)13-16)28(26,27)24-12-6-9-17(24)14-23-20(25)15-7-4-2-1-3-5-8-15;;/h10-11,13,17H,1-9,12,14H2,(H,23,25);2*1H2. The van der Waals surface area contributed by atoms with Crippen molar-refractivity contribution in [1.29, 1.82) is 0 Å². The lowest BCUT2D eigenvalue weighted by Gasteiger charge is -2.26. The Bertz CT molecular complexity index is 794. The van der Waals surface area contributed by atoms with Gasteiger partial charge in [-0.05, 0) is 43.9 Å². The van der Waals surface area contributed by atoms with Gasteiger partial charge in [-0.15, -0.1) is 0 Å². The summed E-state index contributed by atoms with van der Waals surface area (Å²) in [5.74, 6) is 0.934. The Morgan fingerprint density at radius 1 is 1.03 bits per heavy atom. The molecule has 1 N–H and O–H groups in total. The minimum Gasteiger partial charge on any atom is -0.354 e. The van der Waals surface area contributed by atoms with E-state index in [9.17, 15) is 13.2 Å². The summed E-state index contributed by atoms with van der Waals surface area (Å²) < 4.78 is 27.6. The molecule has 0 spiro atoms. The van der Waals surface area contributed by atoms with E-state index in [0.717, 1.165) is 44.4 Å². The Hall–Kier alpha value is -0.820. The van der Waals surface area contributed by atoms with E-state index in [1.54, 1.807) is 0 Å². The fraction of sp³-hybridized carbons (Fsp3) is 0.545. The summed E-state index contributed by atoms with van der Waals surface area (Å²) in [7, 11) is -3.73. The second-order valence-electron chi connectivity index (χ2n) is 7.57. The molecule has 1 amide bonds. The monoisotopic (exact) mass is 473 g/mol. The molecule has 1 atom stereocenters. The number of carbonyl (C=O) groups excluding carboxylic acids is 1. The van der Waals surface area contributed by atoms with Crippen molar-refractivity contribution in [3.8, 4) is 0 Å². The van der Waals surface area contributed by atoms with Crippen molar-refractivity contribution in [2.45, 2.75) is 68.7 Å². The van der Waals surface area contributed by atoms with Crippen LogP contribution in [-0.2, 0) is 14.8 Å². The molecule has 30 heavy (non-hydrogen) atoms. The average Bonchev–Trinajstić information content (AvgIpc) is 3.08. The van der Waals surface area contributed by atoms with Gasteiger partial charge in [-0.25, -0.2) is 8.42 Å². The van der Waals surface area contributed by atoms with Gasteiger partial charge >= 0.3 is 0 Å². The third kappa shape index (κ3) is 6.59. The van der Waals surface area contributed by atoms with Crippen molar-refractivity contribution in [2.24, 2.45) is 0 Å². The summed E-state index contributed by atoms with van der Waals surface area (Å²) >= 11 is 12.0. The molecule has 1 aromatic carbocycles. The van der Waals surface area contributed by atoms with Crippen LogP contribution in [0.4, 0.5) is 0 Å². The van der Waals surface area contributed by atoms with Crippen LogP contribution >= 0.6 is 23.2 Å². The lowest BCUT2D eigenvalue weighted by Crippen LogP contribution is -2.44. The van der Waals surface area contributed by atoms with E-state index in [4.69, 9.17) is 23.2 Å². The quantitative estimate of drug-likeness (QED) is 0.635. The molecule has 1 saturated carbocycles. The Morgan fingerprint density at radius 2 is 1.67 bits per heavy atom. The van der Waals surface area contributed by atoms with E-state index in [1.807, 2.05) is 0 Å². The Kier molecular flexibility index (Phi) is 11.1. The van der Waals surface area contributed by atoms with Crippen molar-refractivity contribution in [3.05, 3.63) is 49.0 Å². The number of amides is 1. The van der Waals surface area contributed by atoms with E-state index >= 15 is 0 Å². The van der Waals surface area contributed by atoms with Gasteiger partial charge in [-0.2, -0.15) is 4.31 Å². The van der Waals surface area contributed by atoms with Gasteiger partial charge in [0.15, 0.2) is 0 Å². The summed E-state index contributed by atoms with van der Waals surface area (Å²) in [6, 6.07) is 4.15. The summed E-state index contributed by atoms with van der Waals surface area (Å²) in [6.45, 7) is 0.755. The molecule has 5 nitrogen and oxygen atoms in total. The Balaban J connectivity index is 0.00000225. The lowest BCUT2D eigenvalue weighted by atomic mass is 9.90. The maximum absolute atomic E-state index is 13.1. The molecule has 1 aliphatic heterocycles. The molecule has 1 heterocycles. The molecule has 1 unspecified atom stereocenters. The number of carbonyl (C=O) groups is 1. The maximum atomic E-state index is 13.1. The zero-order valence-corrected chi connectivity index (χ0v) is 19.7. The van der Waals surface area contributed by atoms with E-state index < -0.39 is 10.0 Å².